The smallest absolute Gasteiger partial charge is 0.303 e. The number of unbranched alkanes of at least 4 members (excludes halogenated alkanes) is 27. The van der Waals surface area contributed by atoms with Gasteiger partial charge in [-0.2, -0.15) is 0 Å². The lowest BCUT2D eigenvalue weighted by atomic mass is 10.0. The zero-order chi connectivity index (χ0) is 29.0. The van der Waals surface area contributed by atoms with Crippen LogP contribution in [0.5, 0.6) is 0 Å². The van der Waals surface area contributed by atoms with Crippen molar-refractivity contribution in [3.05, 3.63) is 0 Å². The summed E-state index contributed by atoms with van der Waals surface area (Å²) >= 11 is 0. The van der Waals surface area contributed by atoms with Crippen LogP contribution in [0, 0.1) is 0 Å². The maximum Gasteiger partial charge on any atom is 0.303 e. The van der Waals surface area contributed by atoms with Crippen LogP contribution in [0.15, 0.2) is 0 Å². The predicted octanol–water partition coefficient (Wildman–Crippen LogP) is 11.4. The van der Waals surface area contributed by atoms with Gasteiger partial charge in [0.15, 0.2) is 0 Å². The lowest BCUT2D eigenvalue weighted by Crippen LogP contribution is -2.21. The van der Waals surface area contributed by atoms with Gasteiger partial charge >= 0.3 is 5.97 Å². The highest BCUT2D eigenvalue weighted by molar-refractivity contribution is 5.66. The van der Waals surface area contributed by atoms with Crippen molar-refractivity contribution >= 4 is 5.97 Å². The maximum atomic E-state index is 10.4. The number of rotatable bonds is 36. The Kier molecular flexibility index (Phi) is 35.9. The van der Waals surface area contributed by atoms with Crippen molar-refractivity contribution < 1.29 is 14.6 Å². The number of carboxylic acids is 1. The minimum absolute atomic E-state index is 0.294. The molecular formula is C36H73NO3. The number of nitrogens with one attached hydrogen (secondary N) is 1. The lowest BCUT2D eigenvalue weighted by Gasteiger charge is -2.06. The van der Waals surface area contributed by atoms with Gasteiger partial charge in [0.25, 0.3) is 0 Å². The summed E-state index contributed by atoms with van der Waals surface area (Å²) in [6.45, 7) is 5.84. The molecule has 0 bridgehead atoms. The lowest BCUT2D eigenvalue weighted by molar-refractivity contribution is -0.137. The number of ether oxygens (including phenoxy) is 1. The second-order valence-corrected chi connectivity index (χ2v) is 12.4. The fourth-order valence-electron chi connectivity index (χ4n) is 5.59. The van der Waals surface area contributed by atoms with E-state index in [0.717, 1.165) is 45.6 Å². The Hall–Kier alpha value is -0.610. The van der Waals surface area contributed by atoms with Gasteiger partial charge in [0.2, 0.25) is 0 Å². The van der Waals surface area contributed by atoms with Crippen LogP contribution in [0.2, 0.25) is 0 Å². The molecule has 0 aromatic rings. The highest BCUT2D eigenvalue weighted by atomic mass is 16.5. The van der Waals surface area contributed by atoms with Crippen molar-refractivity contribution in [3.8, 4) is 0 Å². The first-order valence-corrected chi connectivity index (χ1v) is 18.3. The van der Waals surface area contributed by atoms with E-state index in [0.29, 0.717) is 6.42 Å². The first-order chi connectivity index (χ1) is 19.8. The van der Waals surface area contributed by atoms with E-state index in [1.807, 2.05) is 0 Å². The number of carbonyl (C=O) groups is 1. The Labute approximate surface area is 251 Å². The molecule has 0 rings (SSSR count). The third kappa shape index (κ3) is 37.4. The molecule has 0 unspecified atom stereocenters. The zero-order valence-electron chi connectivity index (χ0n) is 27.3. The third-order valence-electron chi connectivity index (χ3n) is 8.31. The minimum atomic E-state index is -0.688. The Morgan fingerprint density at radius 1 is 0.450 bits per heavy atom. The highest BCUT2D eigenvalue weighted by Crippen LogP contribution is 2.16. The zero-order valence-corrected chi connectivity index (χ0v) is 27.3. The number of hydrogen-bond acceptors (Lipinski definition) is 3. The first kappa shape index (κ1) is 39.4. The molecule has 0 aliphatic heterocycles. The average molecular weight is 568 g/mol. The largest absolute Gasteiger partial charge is 0.481 e. The third-order valence-corrected chi connectivity index (χ3v) is 8.31. The van der Waals surface area contributed by atoms with Crippen molar-refractivity contribution in [3.63, 3.8) is 0 Å². The summed E-state index contributed by atoms with van der Waals surface area (Å²) in [5, 5.41) is 12.0. The van der Waals surface area contributed by atoms with E-state index in [9.17, 15) is 4.79 Å². The second kappa shape index (κ2) is 36.4. The molecular weight excluding hydrogens is 494 g/mol. The molecule has 0 atom stereocenters. The van der Waals surface area contributed by atoms with Crippen LogP contribution >= 0.6 is 0 Å². The molecule has 0 saturated heterocycles. The van der Waals surface area contributed by atoms with Gasteiger partial charge in [0.1, 0.15) is 0 Å². The average Bonchev–Trinajstić information content (AvgIpc) is 2.95. The van der Waals surface area contributed by atoms with E-state index in [1.165, 1.54) is 167 Å². The molecule has 0 aliphatic rings. The molecule has 0 spiro atoms. The number of carboxylic acid groups (broad SMARTS) is 1. The normalized spacial score (nSPS) is 11.4. The molecule has 40 heavy (non-hydrogen) atoms. The number of aliphatic carboxylic acids is 1. The van der Waals surface area contributed by atoms with Crippen LogP contribution in [0.1, 0.15) is 200 Å². The summed E-state index contributed by atoms with van der Waals surface area (Å²) in [7, 11) is 0. The van der Waals surface area contributed by atoms with Gasteiger partial charge in [0.05, 0.1) is 6.61 Å². The Morgan fingerprint density at radius 2 is 0.800 bits per heavy atom. The molecule has 0 saturated carbocycles. The van der Waals surface area contributed by atoms with Crippen LogP contribution in [-0.4, -0.2) is 37.4 Å². The molecule has 2 N–H and O–H groups in total. The van der Waals surface area contributed by atoms with Gasteiger partial charge in [-0.25, -0.2) is 0 Å². The molecule has 0 amide bonds. The van der Waals surface area contributed by atoms with Crippen LogP contribution in [-0.2, 0) is 9.53 Å². The highest BCUT2D eigenvalue weighted by Gasteiger charge is 1.98. The molecule has 4 nitrogen and oxygen atoms in total. The fourth-order valence-corrected chi connectivity index (χ4v) is 5.59. The molecule has 0 aliphatic carbocycles. The van der Waals surface area contributed by atoms with Crippen molar-refractivity contribution in [2.24, 2.45) is 0 Å². The topological polar surface area (TPSA) is 58.6 Å². The van der Waals surface area contributed by atoms with Crippen molar-refractivity contribution in [2.45, 2.75) is 200 Å². The fraction of sp³-hybridized carbons (Fsp3) is 0.972. The summed E-state index contributed by atoms with van der Waals surface area (Å²) in [4.78, 5) is 10.4. The monoisotopic (exact) mass is 568 g/mol. The summed E-state index contributed by atoms with van der Waals surface area (Å²) in [5.41, 5.74) is 0. The summed E-state index contributed by atoms with van der Waals surface area (Å²) in [6.07, 6.45) is 40.4. The van der Waals surface area contributed by atoms with Gasteiger partial charge in [-0.15, -0.1) is 0 Å². The Morgan fingerprint density at radius 3 is 1.18 bits per heavy atom. The van der Waals surface area contributed by atoms with Gasteiger partial charge < -0.3 is 15.2 Å². The summed E-state index contributed by atoms with van der Waals surface area (Å²) in [6, 6.07) is 0. The summed E-state index contributed by atoms with van der Waals surface area (Å²) in [5.74, 6) is -0.688. The summed E-state index contributed by atoms with van der Waals surface area (Å²) < 4.78 is 5.71. The van der Waals surface area contributed by atoms with Crippen LogP contribution < -0.4 is 5.32 Å². The molecule has 0 aromatic heterocycles. The molecule has 0 heterocycles. The molecule has 240 valence electrons. The van der Waals surface area contributed by atoms with Crippen molar-refractivity contribution in [1.82, 2.24) is 5.32 Å². The van der Waals surface area contributed by atoms with Gasteiger partial charge in [-0.05, 0) is 25.8 Å². The Bertz CT molecular complexity index is 471. The SMILES string of the molecule is CCCCCCCCCCCCCCCCCCCCCCCCCCCCOCCNCCCCCC(=O)O. The van der Waals surface area contributed by atoms with Gasteiger partial charge in [-0.1, -0.05) is 174 Å². The van der Waals surface area contributed by atoms with Gasteiger partial charge in [0, 0.05) is 19.6 Å². The van der Waals surface area contributed by atoms with E-state index in [2.05, 4.69) is 12.2 Å². The van der Waals surface area contributed by atoms with Crippen LogP contribution in [0.25, 0.3) is 0 Å². The molecule has 0 aromatic carbocycles. The van der Waals surface area contributed by atoms with E-state index < -0.39 is 5.97 Å². The van der Waals surface area contributed by atoms with Crippen LogP contribution in [0.3, 0.4) is 0 Å². The predicted molar refractivity (Wildman–Crippen MR) is 176 cm³/mol. The van der Waals surface area contributed by atoms with Gasteiger partial charge in [-0.3, -0.25) is 4.79 Å². The number of hydrogen-bond donors (Lipinski definition) is 2. The molecule has 4 heteroatoms. The van der Waals surface area contributed by atoms with Crippen LogP contribution in [0.4, 0.5) is 0 Å². The first-order valence-electron chi connectivity index (χ1n) is 18.3. The van der Waals surface area contributed by atoms with Crippen molar-refractivity contribution in [1.29, 1.82) is 0 Å². The van der Waals surface area contributed by atoms with E-state index >= 15 is 0 Å². The maximum absolute atomic E-state index is 10.4. The van der Waals surface area contributed by atoms with E-state index in [4.69, 9.17) is 9.84 Å². The van der Waals surface area contributed by atoms with E-state index in [-0.39, 0.29) is 0 Å². The Balaban J connectivity index is 3.03. The minimum Gasteiger partial charge on any atom is -0.481 e. The standard InChI is InChI=1S/C36H73NO3/c1-2-3-4-5-6-7-8-9-10-11-12-13-14-15-16-17-18-19-20-21-22-23-24-25-26-30-34-40-35-33-37-32-29-27-28-31-36(38)39/h37H,2-35H2,1H3,(H,38,39). The molecule has 0 fully saturated rings. The van der Waals surface area contributed by atoms with E-state index in [1.54, 1.807) is 0 Å². The second-order valence-electron chi connectivity index (χ2n) is 12.4. The molecule has 0 radical (unpaired) electrons. The van der Waals surface area contributed by atoms with Crippen molar-refractivity contribution in [2.75, 3.05) is 26.3 Å². The quantitative estimate of drug-likeness (QED) is 0.0739.